The van der Waals surface area contributed by atoms with Gasteiger partial charge in [0, 0.05) is 37.6 Å². The number of carbonyl (C=O) groups excluding carboxylic acids is 2. The topological polar surface area (TPSA) is 61.9 Å². The first-order valence-corrected chi connectivity index (χ1v) is 8.87. The Kier molecular flexibility index (Phi) is 6.20. The number of piperazine rings is 1. The molecule has 0 atom stereocenters. The maximum atomic E-state index is 13.7. The van der Waals surface area contributed by atoms with Gasteiger partial charge >= 0.3 is 5.97 Å². The molecule has 148 valence electrons. The molecule has 1 fully saturated rings. The second-order valence-electron chi connectivity index (χ2n) is 6.46. The summed E-state index contributed by atoms with van der Waals surface area (Å²) in [5, 5.41) is 2.57. The fourth-order valence-electron chi connectivity index (χ4n) is 3.04. The van der Waals surface area contributed by atoms with Crippen LogP contribution in [0, 0.1) is 11.6 Å². The first-order chi connectivity index (χ1) is 13.5. The number of nitrogens with zero attached hydrogens (tertiary/aromatic N) is 2. The molecular weight excluding hydrogens is 368 g/mol. The molecule has 1 amide bonds. The molecule has 1 saturated heterocycles. The van der Waals surface area contributed by atoms with Crippen molar-refractivity contribution >= 4 is 23.3 Å². The van der Waals surface area contributed by atoms with Crippen LogP contribution in [-0.4, -0.2) is 56.6 Å². The molecule has 8 heteroatoms. The molecule has 3 rings (SSSR count). The van der Waals surface area contributed by atoms with Crippen LogP contribution in [0.15, 0.2) is 42.5 Å². The van der Waals surface area contributed by atoms with E-state index in [1.165, 1.54) is 7.11 Å². The average molecular weight is 389 g/mol. The van der Waals surface area contributed by atoms with Crippen molar-refractivity contribution in [3.63, 3.8) is 0 Å². The van der Waals surface area contributed by atoms with Crippen molar-refractivity contribution in [2.75, 3.05) is 50.1 Å². The zero-order valence-electron chi connectivity index (χ0n) is 15.5. The minimum Gasteiger partial charge on any atom is -0.468 e. The van der Waals surface area contributed by atoms with Gasteiger partial charge in [0.25, 0.3) is 5.91 Å². The Labute approximate surface area is 161 Å². The number of methoxy groups -OCH3 is 1. The molecule has 28 heavy (non-hydrogen) atoms. The summed E-state index contributed by atoms with van der Waals surface area (Å²) >= 11 is 0. The Bertz CT molecular complexity index is 850. The second-order valence-corrected chi connectivity index (χ2v) is 6.46. The lowest BCUT2D eigenvalue weighted by Gasteiger charge is -2.35. The van der Waals surface area contributed by atoms with Gasteiger partial charge in [0.05, 0.1) is 19.2 Å². The number of hydrogen-bond donors (Lipinski definition) is 1. The summed E-state index contributed by atoms with van der Waals surface area (Å²) in [7, 11) is 1.38. The normalized spacial score (nSPS) is 14.6. The van der Waals surface area contributed by atoms with Gasteiger partial charge in [-0.3, -0.25) is 14.5 Å². The van der Waals surface area contributed by atoms with E-state index in [9.17, 15) is 18.4 Å². The lowest BCUT2D eigenvalue weighted by Crippen LogP contribution is -2.48. The standard InChI is InChI=1S/C20H21F2N3O3/c1-28-19(26)13-24-8-10-25(11-9-24)16-5-3-15(4-6-16)23-20(27)17-12-14(21)2-7-18(17)22/h2-7,12H,8-11,13H2,1H3,(H,23,27). The summed E-state index contributed by atoms with van der Waals surface area (Å²) in [5.74, 6) is -2.40. The van der Waals surface area contributed by atoms with Crippen LogP contribution >= 0.6 is 0 Å². The Balaban J connectivity index is 1.57. The number of hydrogen-bond acceptors (Lipinski definition) is 5. The van der Waals surface area contributed by atoms with Crippen molar-refractivity contribution in [3.8, 4) is 0 Å². The molecule has 1 aliphatic heterocycles. The Morgan fingerprint density at radius 1 is 1.04 bits per heavy atom. The summed E-state index contributed by atoms with van der Waals surface area (Å²) in [5.41, 5.74) is 1.13. The maximum Gasteiger partial charge on any atom is 0.319 e. The molecule has 0 aliphatic carbocycles. The number of halogens is 2. The molecule has 2 aromatic rings. The molecule has 6 nitrogen and oxygen atoms in total. The predicted octanol–water partition coefficient (Wildman–Crippen LogP) is 2.51. The van der Waals surface area contributed by atoms with Crippen LogP contribution in [0.2, 0.25) is 0 Å². The number of rotatable bonds is 5. The SMILES string of the molecule is COC(=O)CN1CCN(c2ccc(NC(=O)c3cc(F)ccc3F)cc2)CC1. The molecule has 0 unspecified atom stereocenters. The number of anilines is 2. The highest BCUT2D eigenvalue weighted by Gasteiger charge is 2.19. The zero-order chi connectivity index (χ0) is 20.1. The van der Waals surface area contributed by atoms with Gasteiger partial charge in [0.2, 0.25) is 0 Å². The number of ether oxygens (including phenoxy) is 1. The molecule has 0 bridgehead atoms. The van der Waals surface area contributed by atoms with Crippen LogP contribution in [0.4, 0.5) is 20.2 Å². The molecule has 0 aromatic heterocycles. The van der Waals surface area contributed by atoms with Crippen LogP contribution in [0.1, 0.15) is 10.4 Å². The van der Waals surface area contributed by atoms with Crippen molar-refractivity contribution in [3.05, 3.63) is 59.7 Å². The Morgan fingerprint density at radius 2 is 1.71 bits per heavy atom. The van der Waals surface area contributed by atoms with E-state index < -0.39 is 17.5 Å². The summed E-state index contributed by atoms with van der Waals surface area (Å²) in [6.45, 7) is 3.29. The van der Waals surface area contributed by atoms with Gasteiger partial charge in [-0.25, -0.2) is 8.78 Å². The average Bonchev–Trinajstić information content (AvgIpc) is 2.71. The molecule has 1 heterocycles. The first-order valence-electron chi connectivity index (χ1n) is 8.87. The molecule has 0 radical (unpaired) electrons. The highest BCUT2D eigenvalue weighted by atomic mass is 19.1. The number of carbonyl (C=O) groups is 2. The minimum atomic E-state index is -0.777. The van der Waals surface area contributed by atoms with Gasteiger partial charge in [0.1, 0.15) is 11.6 Å². The van der Waals surface area contributed by atoms with Crippen LogP contribution in [-0.2, 0) is 9.53 Å². The van der Waals surface area contributed by atoms with Gasteiger partial charge < -0.3 is 15.0 Å². The van der Waals surface area contributed by atoms with Crippen LogP contribution < -0.4 is 10.2 Å². The van der Waals surface area contributed by atoms with Crippen LogP contribution in [0.3, 0.4) is 0 Å². The summed E-state index contributed by atoms with van der Waals surface area (Å²) in [6.07, 6.45) is 0. The number of nitrogens with one attached hydrogen (secondary N) is 1. The predicted molar refractivity (Wildman–Crippen MR) is 101 cm³/mol. The zero-order valence-corrected chi connectivity index (χ0v) is 15.5. The summed E-state index contributed by atoms with van der Waals surface area (Å²) < 4.78 is 31.6. The molecule has 0 spiro atoms. The third kappa shape index (κ3) is 4.83. The lowest BCUT2D eigenvalue weighted by atomic mass is 10.1. The minimum absolute atomic E-state index is 0.247. The monoisotopic (exact) mass is 389 g/mol. The fourth-order valence-corrected chi connectivity index (χ4v) is 3.04. The molecule has 2 aromatic carbocycles. The Hall–Kier alpha value is -3.00. The van der Waals surface area contributed by atoms with Crippen molar-refractivity contribution in [2.45, 2.75) is 0 Å². The second kappa shape index (κ2) is 8.79. The van der Waals surface area contributed by atoms with E-state index in [0.717, 1.165) is 50.1 Å². The Morgan fingerprint density at radius 3 is 2.36 bits per heavy atom. The number of esters is 1. The fraction of sp³-hybridized carbons (Fsp3) is 0.300. The maximum absolute atomic E-state index is 13.7. The smallest absolute Gasteiger partial charge is 0.319 e. The highest BCUT2D eigenvalue weighted by molar-refractivity contribution is 6.04. The van der Waals surface area contributed by atoms with E-state index in [-0.39, 0.29) is 18.1 Å². The van der Waals surface area contributed by atoms with E-state index in [1.54, 1.807) is 12.1 Å². The quantitative estimate of drug-likeness (QED) is 0.797. The van der Waals surface area contributed by atoms with Gasteiger partial charge in [-0.15, -0.1) is 0 Å². The first kappa shape index (κ1) is 19.8. The third-order valence-corrected chi connectivity index (χ3v) is 4.62. The molecule has 0 saturated carbocycles. The van der Waals surface area contributed by atoms with Gasteiger partial charge in [0.15, 0.2) is 0 Å². The molecule has 1 aliphatic rings. The van der Waals surface area contributed by atoms with Gasteiger partial charge in [-0.05, 0) is 42.5 Å². The summed E-state index contributed by atoms with van der Waals surface area (Å²) in [4.78, 5) is 27.7. The van der Waals surface area contributed by atoms with E-state index >= 15 is 0 Å². The van der Waals surface area contributed by atoms with Crippen molar-refractivity contribution < 1.29 is 23.1 Å². The largest absolute Gasteiger partial charge is 0.468 e. The third-order valence-electron chi connectivity index (χ3n) is 4.62. The van der Waals surface area contributed by atoms with E-state index in [0.29, 0.717) is 5.69 Å². The van der Waals surface area contributed by atoms with Gasteiger partial charge in [-0.2, -0.15) is 0 Å². The van der Waals surface area contributed by atoms with Crippen molar-refractivity contribution in [2.24, 2.45) is 0 Å². The lowest BCUT2D eigenvalue weighted by molar-refractivity contribution is -0.142. The molecular formula is C20H21F2N3O3. The van der Waals surface area contributed by atoms with E-state index in [2.05, 4.69) is 15.0 Å². The number of benzene rings is 2. The molecule has 1 N–H and O–H groups in total. The van der Waals surface area contributed by atoms with Gasteiger partial charge in [-0.1, -0.05) is 0 Å². The van der Waals surface area contributed by atoms with Crippen molar-refractivity contribution in [1.82, 2.24) is 4.90 Å². The highest BCUT2D eigenvalue weighted by Crippen LogP contribution is 2.20. The van der Waals surface area contributed by atoms with E-state index in [1.807, 2.05) is 17.0 Å². The summed E-state index contributed by atoms with van der Waals surface area (Å²) in [6, 6.07) is 9.89. The van der Waals surface area contributed by atoms with E-state index in [4.69, 9.17) is 0 Å². The number of amides is 1. The van der Waals surface area contributed by atoms with Crippen molar-refractivity contribution in [1.29, 1.82) is 0 Å². The van der Waals surface area contributed by atoms with Crippen LogP contribution in [0.25, 0.3) is 0 Å². The van der Waals surface area contributed by atoms with Crippen LogP contribution in [0.5, 0.6) is 0 Å².